The molecule has 7 heteroatoms. The van der Waals surface area contributed by atoms with Crippen LogP contribution in [0.15, 0.2) is 41.5 Å². The first-order valence-electron chi connectivity index (χ1n) is 8.62. The molecule has 0 fully saturated rings. The van der Waals surface area contributed by atoms with E-state index in [4.69, 9.17) is 26.2 Å². The van der Waals surface area contributed by atoms with Crippen molar-refractivity contribution in [3.05, 3.63) is 52.5 Å². The summed E-state index contributed by atoms with van der Waals surface area (Å²) in [6.45, 7) is 7.04. The molecule has 0 unspecified atom stereocenters. The number of carboxylic acid groups (broad SMARTS) is 1. The van der Waals surface area contributed by atoms with Crippen molar-refractivity contribution in [2.24, 2.45) is 11.0 Å². The summed E-state index contributed by atoms with van der Waals surface area (Å²) >= 11 is 6.35. The molecule has 6 nitrogen and oxygen atoms in total. The number of halogens is 1. The molecule has 2 N–H and O–H groups in total. The first-order chi connectivity index (χ1) is 12.9. The van der Waals surface area contributed by atoms with E-state index in [0.29, 0.717) is 41.3 Å². The highest BCUT2D eigenvalue weighted by Crippen LogP contribution is 2.36. The second kappa shape index (κ2) is 9.83. The number of benzene rings is 2. The molecule has 0 saturated heterocycles. The normalized spacial score (nSPS) is 11.0. The van der Waals surface area contributed by atoms with Crippen molar-refractivity contribution in [3.8, 4) is 11.5 Å². The number of rotatable bonds is 9. The van der Waals surface area contributed by atoms with Crippen LogP contribution in [0.25, 0.3) is 0 Å². The predicted molar refractivity (Wildman–Crippen MR) is 108 cm³/mol. The van der Waals surface area contributed by atoms with Crippen LogP contribution in [-0.4, -0.2) is 30.5 Å². The number of carboxylic acids is 1. The zero-order chi connectivity index (χ0) is 19.8. The molecule has 0 radical (unpaired) electrons. The fraction of sp³-hybridized carbons (Fsp3) is 0.300. The molecular weight excluding hydrogens is 368 g/mol. The maximum absolute atomic E-state index is 10.9. The van der Waals surface area contributed by atoms with Gasteiger partial charge in [0.2, 0.25) is 0 Å². The molecular formula is C20H23ClN2O4. The second-order valence-corrected chi connectivity index (χ2v) is 6.63. The van der Waals surface area contributed by atoms with Crippen molar-refractivity contribution in [1.29, 1.82) is 0 Å². The van der Waals surface area contributed by atoms with E-state index in [0.717, 1.165) is 5.56 Å². The zero-order valence-electron chi connectivity index (χ0n) is 15.5. The van der Waals surface area contributed by atoms with Crippen LogP contribution < -0.4 is 14.9 Å². The van der Waals surface area contributed by atoms with Gasteiger partial charge in [-0.25, -0.2) is 4.79 Å². The Kier molecular flexibility index (Phi) is 7.49. The Balaban J connectivity index is 2.12. The Labute approximate surface area is 163 Å². The number of nitrogens with zero attached hydrogens (tertiary/aromatic N) is 1. The summed E-state index contributed by atoms with van der Waals surface area (Å²) in [5.74, 6) is 0.496. The zero-order valence-corrected chi connectivity index (χ0v) is 16.3. The third kappa shape index (κ3) is 6.18. The molecule has 0 bridgehead atoms. The van der Waals surface area contributed by atoms with E-state index in [-0.39, 0.29) is 5.56 Å². The van der Waals surface area contributed by atoms with Crippen LogP contribution in [0.3, 0.4) is 0 Å². The van der Waals surface area contributed by atoms with Gasteiger partial charge in [-0.3, -0.25) is 5.43 Å². The summed E-state index contributed by atoms with van der Waals surface area (Å²) in [6, 6.07) is 9.85. The number of aromatic carboxylic acids is 1. The molecule has 144 valence electrons. The standard InChI is InChI=1S/C20H23ClN2O4/c1-4-26-18-10-14(9-17(21)19(18)27-12-13(2)3)11-22-23-16-7-5-15(6-8-16)20(24)25/h5-11,13,23H,4,12H2,1-3H3,(H,24,25). The van der Waals surface area contributed by atoms with Gasteiger partial charge in [-0.05, 0) is 54.8 Å². The minimum absolute atomic E-state index is 0.217. The quantitative estimate of drug-likeness (QED) is 0.469. The maximum Gasteiger partial charge on any atom is 0.335 e. The highest BCUT2D eigenvalue weighted by Gasteiger charge is 2.13. The van der Waals surface area contributed by atoms with Crippen molar-refractivity contribution in [3.63, 3.8) is 0 Å². The Morgan fingerprint density at radius 3 is 2.56 bits per heavy atom. The largest absolute Gasteiger partial charge is 0.490 e. The Morgan fingerprint density at radius 2 is 1.96 bits per heavy atom. The first-order valence-corrected chi connectivity index (χ1v) is 9.00. The van der Waals surface area contributed by atoms with Crippen LogP contribution in [0.2, 0.25) is 5.02 Å². The fourth-order valence-electron chi connectivity index (χ4n) is 2.18. The van der Waals surface area contributed by atoms with Crippen LogP contribution in [-0.2, 0) is 0 Å². The summed E-state index contributed by atoms with van der Waals surface area (Å²) in [4.78, 5) is 10.9. The lowest BCUT2D eigenvalue weighted by Crippen LogP contribution is -2.07. The van der Waals surface area contributed by atoms with Crippen molar-refractivity contribution in [1.82, 2.24) is 0 Å². The van der Waals surface area contributed by atoms with Gasteiger partial charge in [-0.1, -0.05) is 25.4 Å². The molecule has 2 aromatic carbocycles. The van der Waals surface area contributed by atoms with E-state index in [9.17, 15) is 4.79 Å². The van der Waals surface area contributed by atoms with Gasteiger partial charge in [0.25, 0.3) is 0 Å². The van der Waals surface area contributed by atoms with Crippen LogP contribution in [0, 0.1) is 5.92 Å². The molecule has 0 aliphatic rings. The van der Waals surface area contributed by atoms with E-state index in [1.54, 1.807) is 24.4 Å². The highest BCUT2D eigenvalue weighted by atomic mass is 35.5. The van der Waals surface area contributed by atoms with Crippen LogP contribution in [0.5, 0.6) is 11.5 Å². The van der Waals surface area contributed by atoms with E-state index < -0.39 is 5.97 Å². The maximum atomic E-state index is 10.9. The van der Waals surface area contributed by atoms with Gasteiger partial charge >= 0.3 is 5.97 Å². The average Bonchev–Trinajstić information content (AvgIpc) is 2.61. The van der Waals surface area contributed by atoms with Crippen molar-refractivity contribution in [2.75, 3.05) is 18.6 Å². The molecule has 0 aromatic heterocycles. The molecule has 0 heterocycles. The molecule has 2 rings (SSSR count). The number of anilines is 1. The van der Waals surface area contributed by atoms with Crippen molar-refractivity contribution >= 4 is 29.5 Å². The van der Waals surface area contributed by atoms with Gasteiger partial charge in [-0.2, -0.15) is 5.10 Å². The highest BCUT2D eigenvalue weighted by molar-refractivity contribution is 6.32. The number of hydrogen-bond donors (Lipinski definition) is 2. The lowest BCUT2D eigenvalue weighted by atomic mass is 10.2. The Hall–Kier alpha value is -2.73. The molecule has 2 aromatic rings. The second-order valence-electron chi connectivity index (χ2n) is 6.22. The summed E-state index contributed by atoms with van der Waals surface area (Å²) in [5, 5.41) is 13.5. The SMILES string of the molecule is CCOc1cc(C=NNc2ccc(C(=O)O)cc2)cc(Cl)c1OCC(C)C. The van der Waals surface area contributed by atoms with Crippen LogP contribution in [0.4, 0.5) is 5.69 Å². The third-order valence-corrected chi connectivity index (χ3v) is 3.71. The minimum atomic E-state index is -0.970. The van der Waals surface area contributed by atoms with E-state index in [1.165, 1.54) is 12.1 Å². The van der Waals surface area contributed by atoms with Gasteiger partial charge in [0, 0.05) is 0 Å². The lowest BCUT2D eigenvalue weighted by Gasteiger charge is -2.15. The van der Waals surface area contributed by atoms with E-state index >= 15 is 0 Å². The molecule has 0 aliphatic carbocycles. The lowest BCUT2D eigenvalue weighted by molar-refractivity contribution is 0.0697. The summed E-state index contributed by atoms with van der Waals surface area (Å²) in [5.41, 5.74) is 4.48. The number of nitrogens with one attached hydrogen (secondary N) is 1. The third-order valence-electron chi connectivity index (χ3n) is 3.43. The van der Waals surface area contributed by atoms with Crippen molar-refractivity contribution < 1.29 is 19.4 Å². The summed E-state index contributed by atoms with van der Waals surface area (Å²) in [7, 11) is 0. The topological polar surface area (TPSA) is 80.2 Å². The van der Waals surface area contributed by atoms with E-state index in [2.05, 4.69) is 24.4 Å². The van der Waals surface area contributed by atoms with Gasteiger partial charge in [-0.15, -0.1) is 0 Å². The number of carbonyl (C=O) groups is 1. The molecule has 27 heavy (non-hydrogen) atoms. The van der Waals surface area contributed by atoms with E-state index in [1.807, 2.05) is 13.0 Å². The number of ether oxygens (including phenoxy) is 2. The Bertz CT molecular complexity index is 804. The van der Waals surface area contributed by atoms with Crippen molar-refractivity contribution in [2.45, 2.75) is 20.8 Å². The Morgan fingerprint density at radius 1 is 1.26 bits per heavy atom. The monoisotopic (exact) mass is 390 g/mol. The van der Waals surface area contributed by atoms with Gasteiger partial charge in [0.05, 0.1) is 35.7 Å². The van der Waals surface area contributed by atoms with Crippen LogP contribution >= 0.6 is 11.6 Å². The fourth-order valence-corrected chi connectivity index (χ4v) is 2.46. The smallest absolute Gasteiger partial charge is 0.335 e. The predicted octanol–water partition coefficient (Wildman–Crippen LogP) is 4.92. The molecule has 0 spiro atoms. The summed E-state index contributed by atoms with van der Waals surface area (Å²) in [6.07, 6.45) is 1.60. The summed E-state index contributed by atoms with van der Waals surface area (Å²) < 4.78 is 11.4. The molecule has 0 saturated carbocycles. The number of hydrazone groups is 1. The molecule has 0 atom stereocenters. The number of hydrogen-bond acceptors (Lipinski definition) is 5. The first kappa shape index (κ1) is 20.6. The minimum Gasteiger partial charge on any atom is -0.490 e. The van der Waals surface area contributed by atoms with Gasteiger partial charge < -0.3 is 14.6 Å². The average molecular weight is 391 g/mol. The molecule has 0 amide bonds. The van der Waals surface area contributed by atoms with Gasteiger partial charge in [0.1, 0.15) is 0 Å². The van der Waals surface area contributed by atoms with Crippen LogP contribution in [0.1, 0.15) is 36.7 Å². The molecule has 0 aliphatic heterocycles. The van der Waals surface area contributed by atoms with Gasteiger partial charge in [0.15, 0.2) is 11.5 Å².